The van der Waals surface area contributed by atoms with Gasteiger partial charge >= 0.3 is 5.97 Å². The molecule has 2 unspecified atom stereocenters. The van der Waals surface area contributed by atoms with Crippen molar-refractivity contribution < 1.29 is 29.0 Å². The fraction of sp³-hybridized carbons (Fsp3) is 0.606. The predicted octanol–water partition coefficient (Wildman–Crippen LogP) is 3.06. The topological polar surface area (TPSA) is 99.6 Å². The third kappa shape index (κ3) is 6.30. The van der Waals surface area contributed by atoms with E-state index in [4.69, 9.17) is 9.47 Å². The highest BCUT2D eigenvalue weighted by Gasteiger charge is 2.74. The Kier molecular flexibility index (Phi) is 10.6. The Morgan fingerprint density at radius 2 is 1.95 bits per heavy atom. The lowest BCUT2D eigenvalue weighted by atomic mass is 9.71. The molecule has 2 bridgehead atoms. The molecule has 10 heteroatoms. The number of benzene rings is 1. The summed E-state index contributed by atoms with van der Waals surface area (Å²) in [7, 11) is 0. The van der Waals surface area contributed by atoms with Crippen molar-refractivity contribution in [2.45, 2.75) is 54.2 Å². The summed E-state index contributed by atoms with van der Waals surface area (Å²) in [6, 6.07) is 7.86. The number of hydrogen-bond donors (Lipinski definition) is 1. The molecule has 4 aliphatic heterocycles. The lowest BCUT2D eigenvalue weighted by Crippen LogP contribution is -2.56. The van der Waals surface area contributed by atoms with E-state index in [1.807, 2.05) is 36.4 Å². The van der Waals surface area contributed by atoms with Crippen molar-refractivity contribution in [1.29, 1.82) is 0 Å². The number of ether oxygens (including phenoxy) is 2. The smallest absolute Gasteiger partial charge is 0.310 e. The van der Waals surface area contributed by atoms with Crippen molar-refractivity contribution in [1.82, 2.24) is 14.7 Å². The van der Waals surface area contributed by atoms with E-state index < -0.39 is 28.7 Å². The van der Waals surface area contributed by atoms with E-state index in [-0.39, 0.29) is 29.6 Å². The summed E-state index contributed by atoms with van der Waals surface area (Å²) in [5.41, 5.74) is 0.761. The molecule has 2 amide bonds. The van der Waals surface area contributed by atoms with Crippen LogP contribution in [0.15, 0.2) is 55.6 Å². The van der Waals surface area contributed by atoms with Crippen LogP contribution in [0.25, 0.3) is 0 Å². The average molecular weight is 612 g/mol. The van der Waals surface area contributed by atoms with E-state index in [0.29, 0.717) is 45.9 Å². The van der Waals surface area contributed by atoms with E-state index in [9.17, 15) is 19.5 Å². The molecule has 0 aromatic heterocycles. The van der Waals surface area contributed by atoms with Crippen molar-refractivity contribution in [2.75, 3.05) is 59.2 Å². The van der Waals surface area contributed by atoms with Crippen molar-refractivity contribution in [3.63, 3.8) is 0 Å². The summed E-state index contributed by atoms with van der Waals surface area (Å²) in [5.74, 6) is -2.02. The molecule has 4 aliphatic rings. The molecule has 1 aromatic rings. The van der Waals surface area contributed by atoms with Crippen LogP contribution in [0.5, 0.6) is 0 Å². The van der Waals surface area contributed by atoms with Crippen LogP contribution < -0.4 is 0 Å². The van der Waals surface area contributed by atoms with E-state index in [1.54, 1.807) is 27.6 Å². The Hall–Kier alpha value is -2.66. The van der Waals surface area contributed by atoms with Gasteiger partial charge in [-0.15, -0.1) is 24.9 Å². The number of carbonyl (C=O) groups is 3. The number of amides is 2. The Morgan fingerprint density at radius 1 is 1.19 bits per heavy atom. The SMILES string of the molecule is C=CCCCCOC(=O)[C@@H]1[C@H]2C(=O)N([C@H](CO)c3ccccc3)C(C(=O)N(CC=C)CCN3CCOCC3)C23CC[C@H]1S3. The molecule has 4 fully saturated rings. The molecule has 4 saturated heterocycles. The van der Waals surface area contributed by atoms with Crippen molar-refractivity contribution in [3.05, 3.63) is 61.2 Å². The van der Waals surface area contributed by atoms with Gasteiger partial charge in [-0.25, -0.2) is 0 Å². The third-order valence-electron chi connectivity index (χ3n) is 9.44. The summed E-state index contributed by atoms with van der Waals surface area (Å²) in [6.45, 7) is 12.1. The second kappa shape index (κ2) is 14.4. The number of rotatable bonds is 15. The number of allylic oxidation sites excluding steroid dienone is 1. The van der Waals surface area contributed by atoms with Crippen LogP contribution in [0, 0.1) is 11.8 Å². The molecule has 0 saturated carbocycles. The van der Waals surface area contributed by atoms with Crippen LogP contribution in [0.1, 0.15) is 43.7 Å². The number of thioether (sulfide) groups is 1. The number of morpholine rings is 1. The van der Waals surface area contributed by atoms with Crippen molar-refractivity contribution in [2.24, 2.45) is 11.8 Å². The van der Waals surface area contributed by atoms with Crippen molar-refractivity contribution >= 4 is 29.5 Å². The molecule has 0 aliphatic carbocycles. The standard InChI is InChI=1S/C33H45N3O6S/c1-3-5-6-10-20-42-32(40)27-26-13-14-33(43-26)28(27)30(38)36(25(23-37)24-11-8-7-9-12-24)29(33)31(39)35(15-4-2)17-16-34-18-21-41-22-19-34/h3-4,7-9,11-12,25-29,37H,1-2,5-6,10,13-23H2/t25-,26-,27+,28+,29?,33?/m1/s1. The molecule has 5 rings (SSSR count). The first-order valence-electron chi connectivity index (χ1n) is 15.6. The van der Waals surface area contributed by atoms with E-state index in [0.717, 1.165) is 44.3 Å². The highest BCUT2D eigenvalue weighted by atomic mass is 32.2. The van der Waals surface area contributed by atoms with E-state index in [2.05, 4.69) is 18.1 Å². The summed E-state index contributed by atoms with van der Waals surface area (Å²) < 4.78 is 10.5. The van der Waals surface area contributed by atoms with Crippen LogP contribution in [0.4, 0.5) is 0 Å². The molecular formula is C33H45N3O6S. The minimum Gasteiger partial charge on any atom is -0.465 e. The Bertz CT molecular complexity index is 1160. The first-order valence-corrected chi connectivity index (χ1v) is 16.5. The number of likely N-dealkylation sites (tertiary alicyclic amines) is 1. The maximum atomic E-state index is 14.7. The number of hydrogen-bond acceptors (Lipinski definition) is 8. The first-order chi connectivity index (χ1) is 21.0. The van der Waals surface area contributed by atoms with Gasteiger partial charge in [-0.3, -0.25) is 19.3 Å². The van der Waals surface area contributed by atoms with Gasteiger partial charge in [-0.1, -0.05) is 42.5 Å². The average Bonchev–Trinajstić information content (AvgIpc) is 3.68. The quantitative estimate of drug-likeness (QED) is 0.184. The lowest BCUT2D eigenvalue weighted by molar-refractivity contribution is -0.154. The fourth-order valence-electron chi connectivity index (χ4n) is 7.37. The molecular weight excluding hydrogens is 566 g/mol. The van der Waals surface area contributed by atoms with Gasteiger partial charge in [-0.2, -0.15) is 0 Å². The van der Waals surface area contributed by atoms with Gasteiger partial charge < -0.3 is 24.4 Å². The zero-order chi connectivity index (χ0) is 30.4. The maximum Gasteiger partial charge on any atom is 0.310 e. The van der Waals surface area contributed by atoms with Gasteiger partial charge in [0, 0.05) is 38.0 Å². The lowest BCUT2D eigenvalue weighted by Gasteiger charge is -2.40. The van der Waals surface area contributed by atoms with Gasteiger partial charge in [-0.05, 0) is 37.7 Å². The number of unbranched alkanes of at least 4 members (excludes halogenated alkanes) is 2. The molecule has 6 atom stereocenters. The van der Waals surface area contributed by atoms with Crippen LogP contribution in [-0.2, 0) is 23.9 Å². The number of aliphatic hydroxyl groups is 1. The molecule has 0 radical (unpaired) electrons. The highest BCUT2D eigenvalue weighted by Crippen LogP contribution is 2.67. The van der Waals surface area contributed by atoms with E-state index in [1.165, 1.54) is 0 Å². The molecule has 1 spiro atoms. The number of aliphatic hydroxyl groups excluding tert-OH is 1. The Morgan fingerprint density at radius 3 is 2.65 bits per heavy atom. The highest BCUT2D eigenvalue weighted by molar-refractivity contribution is 8.02. The fourth-order valence-corrected chi connectivity index (χ4v) is 9.56. The minimum atomic E-state index is -0.813. The molecule has 43 heavy (non-hydrogen) atoms. The normalized spacial score (nSPS) is 28.9. The number of nitrogens with zero attached hydrogens (tertiary/aromatic N) is 3. The summed E-state index contributed by atoms with van der Waals surface area (Å²) >= 11 is 1.62. The maximum absolute atomic E-state index is 14.7. The number of esters is 1. The zero-order valence-corrected chi connectivity index (χ0v) is 25.8. The van der Waals surface area contributed by atoms with Gasteiger partial charge in [0.1, 0.15) is 6.04 Å². The number of fused-ring (bicyclic) bond motifs is 1. The predicted molar refractivity (Wildman–Crippen MR) is 166 cm³/mol. The molecule has 9 nitrogen and oxygen atoms in total. The summed E-state index contributed by atoms with van der Waals surface area (Å²) in [5, 5.41) is 10.6. The van der Waals surface area contributed by atoms with Gasteiger partial charge in [0.15, 0.2) is 0 Å². The number of carbonyl (C=O) groups excluding carboxylic acids is 3. The van der Waals surface area contributed by atoms with Gasteiger partial charge in [0.05, 0.1) is 49.1 Å². The zero-order valence-electron chi connectivity index (χ0n) is 25.0. The van der Waals surface area contributed by atoms with Crippen LogP contribution in [0.3, 0.4) is 0 Å². The summed E-state index contributed by atoms with van der Waals surface area (Å²) in [6.07, 6.45) is 7.45. The Labute approximate surface area is 259 Å². The third-order valence-corrected chi connectivity index (χ3v) is 11.4. The van der Waals surface area contributed by atoms with Crippen molar-refractivity contribution in [3.8, 4) is 0 Å². The van der Waals surface area contributed by atoms with Crippen LogP contribution in [0.2, 0.25) is 0 Å². The second-order valence-corrected chi connectivity index (χ2v) is 13.5. The van der Waals surface area contributed by atoms with Crippen LogP contribution >= 0.6 is 11.8 Å². The summed E-state index contributed by atoms with van der Waals surface area (Å²) in [4.78, 5) is 48.5. The first kappa shape index (κ1) is 31.8. The van der Waals surface area contributed by atoms with E-state index >= 15 is 0 Å². The minimum absolute atomic E-state index is 0.0717. The molecule has 1 aromatic carbocycles. The molecule has 4 heterocycles. The molecule has 1 N–H and O–H groups in total. The second-order valence-electron chi connectivity index (χ2n) is 11.9. The monoisotopic (exact) mass is 611 g/mol. The largest absolute Gasteiger partial charge is 0.465 e. The van der Waals surface area contributed by atoms with Crippen LogP contribution in [-0.4, -0.2) is 113 Å². The molecule has 234 valence electrons. The van der Waals surface area contributed by atoms with Gasteiger partial charge in [0.25, 0.3) is 0 Å². The van der Waals surface area contributed by atoms with Gasteiger partial charge in [0.2, 0.25) is 11.8 Å². The Balaban J connectivity index is 1.46.